The highest BCUT2D eigenvalue weighted by Crippen LogP contribution is 2.52. The van der Waals surface area contributed by atoms with Crippen molar-refractivity contribution >= 4 is 29.2 Å². The van der Waals surface area contributed by atoms with Gasteiger partial charge in [-0.05, 0) is 30.0 Å². The van der Waals surface area contributed by atoms with Gasteiger partial charge in [0, 0.05) is 10.9 Å². The summed E-state index contributed by atoms with van der Waals surface area (Å²) in [6, 6.07) is 4.33. The van der Waals surface area contributed by atoms with Crippen molar-refractivity contribution in [1.29, 1.82) is 0 Å². The predicted molar refractivity (Wildman–Crippen MR) is 68.9 cm³/mol. The lowest BCUT2D eigenvalue weighted by atomic mass is 10.1. The van der Waals surface area contributed by atoms with Crippen molar-refractivity contribution in [1.82, 2.24) is 0 Å². The summed E-state index contributed by atoms with van der Waals surface area (Å²) in [4.78, 5) is 23.0. The molecule has 1 aliphatic carbocycles. The first-order valence-corrected chi connectivity index (χ1v) is 6.03. The smallest absolute Gasteiger partial charge is 0.337 e. The maximum atomic E-state index is 11.9. The first-order chi connectivity index (χ1) is 8.31. The summed E-state index contributed by atoms with van der Waals surface area (Å²) in [5.74, 6) is -1.29. The van der Waals surface area contributed by atoms with Crippen LogP contribution in [0.25, 0.3) is 0 Å². The third kappa shape index (κ3) is 2.48. The van der Waals surface area contributed by atoms with Gasteiger partial charge >= 0.3 is 5.97 Å². The van der Waals surface area contributed by atoms with Crippen molar-refractivity contribution in [2.24, 2.45) is 11.3 Å². The number of rotatable bonds is 3. The fourth-order valence-corrected chi connectivity index (χ4v) is 2.11. The number of amides is 1. The third-order valence-corrected chi connectivity index (χ3v) is 3.53. The Morgan fingerprint density at radius 1 is 1.44 bits per heavy atom. The summed E-state index contributed by atoms with van der Waals surface area (Å²) in [6.45, 7) is 4.01. The highest BCUT2D eigenvalue weighted by molar-refractivity contribution is 6.31. The van der Waals surface area contributed by atoms with Gasteiger partial charge in [-0.2, -0.15) is 0 Å². The van der Waals surface area contributed by atoms with Gasteiger partial charge in [0.05, 0.1) is 11.3 Å². The molecular weight excluding hydrogens is 254 g/mol. The number of halogens is 1. The zero-order valence-corrected chi connectivity index (χ0v) is 10.9. The molecule has 1 aromatic rings. The maximum absolute atomic E-state index is 11.9. The van der Waals surface area contributed by atoms with Gasteiger partial charge in [0.1, 0.15) is 0 Å². The van der Waals surface area contributed by atoms with Crippen LogP contribution in [0.15, 0.2) is 18.2 Å². The monoisotopic (exact) mass is 267 g/mol. The van der Waals surface area contributed by atoms with Crippen molar-refractivity contribution in [2.75, 3.05) is 5.32 Å². The minimum atomic E-state index is -1.09. The van der Waals surface area contributed by atoms with Crippen LogP contribution < -0.4 is 5.32 Å². The molecule has 0 spiro atoms. The van der Waals surface area contributed by atoms with E-state index in [1.54, 1.807) is 0 Å². The number of carboxylic acid groups (broad SMARTS) is 1. The fourth-order valence-electron chi connectivity index (χ4n) is 1.94. The Morgan fingerprint density at radius 3 is 2.56 bits per heavy atom. The van der Waals surface area contributed by atoms with Crippen molar-refractivity contribution in [3.8, 4) is 0 Å². The molecule has 1 fully saturated rings. The minimum absolute atomic E-state index is 0.00600. The molecule has 18 heavy (non-hydrogen) atoms. The van der Waals surface area contributed by atoms with E-state index in [2.05, 4.69) is 5.32 Å². The molecule has 0 saturated heterocycles. The zero-order valence-electron chi connectivity index (χ0n) is 10.2. The quantitative estimate of drug-likeness (QED) is 0.885. The van der Waals surface area contributed by atoms with Crippen LogP contribution in [0.1, 0.15) is 30.6 Å². The molecule has 0 bridgehead atoms. The fraction of sp³-hybridized carbons (Fsp3) is 0.385. The molecule has 0 heterocycles. The SMILES string of the molecule is CC1(C)CC1C(=O)Nc1cc(Cl)ccc1C(=O)O. The first-order valence-electron chi connectivity index (χ1n) is 5.65. The number of nitrogens with one attached hydrogen (secondary N) is 1. The summed E-state index contributed by atoms with van der Waals surface area (Å²) in [7, 11) is 0. The normalized spacial score (nSPS) is 20.3. The summed E-state index contributed by atoms with van der Waals surface area (Å²) < 4.78 is 0. The average molecular weight is 268 g/mol. The van der Waals surface area contributed by atoms with Crippen molar-refractivity contribution in [3.05, 3.63) is 28.8 Å². The second-order valence-corrected chi connectivity index (χ2v) is 5.67. The summed E-state index contributed by atoms with van der Waals surface area (Å²) >= 11 is 5.81. The molecule has 0 aliphatic heterocycles. The van der Waals surface area contributed by atoms with Gasteiger partial charge in [0.15, 0.2) is 0 Å². The third-order valence-electron chi connectivity index (χ3n) is 3.30. The van der Waals surface area contributed by atoms with E-state index in [-0.39, 0.29) is 28.5 Å². The van der Waals surface area contributed by atoms with Crippen LogP contribution >= 0.6 is 11.6 Å². The van der Waals surface area contributed by atoms with Crippen LogP contribution in [0.2, 0.25) is 5.02 Å². The molecule has 1 unspecified atom stereocenters. The van der Waals surface area contributed by atoms with E-state index < -0.39 is 5.97 Å². The number of aromatic carboxylic acids is 1. The van der Waals surface area contributed by atoms with Gasteiger partial charge in [-0.15, -0.1) is 0 Å². The van der Waals surface area contributed by atoms with Gasteiger partial charge < -0.3 is 10.4 Å². The first kappa shape index (κ1) is 12.9. The number of hydrogen-bond donors (Lipinski definition) is 2. The summed E-state index contributed by atoms with van der Waals surface area (Å²) in [6.07, 6.45) is 0.821. The lowest BCUT2D eigenvalue weighted by Crippen LogP contribution is -2.18. The Hall–Kier alpha value is -1.55. The molecule has 0 aromatic heterocycles. The number of anilines is 1. The van der Waals surface area contributed by atoms with E-state index in [4.69, 9.17) is 16.7 Å². The van der Waals surface area contributed by atoms with E-state index in [0.29, 0.717) is 5.02 Å². The number of benzene rings is 1. The van der Waals surface area contributed by atoms with Gasteiger partial charge in [-0.3, -0.25) is 4.79 Å². The van der Waals surface area contributed by atoms with Crippen molar-refractivity contribution < 1.29 is 14.7 Å². The van der Waals surface area contributed by atoms with E-state index in [1.165, 1.54) is 18.2 Å². The molecule has 1 amide bonds. The summed E-state index contributed by atoms with van der Waals surface area (Å²) in [5.41, 5.74) is 0.306. The molecule has 5 heteroatoms. The van der Waals surface area contributed by atoms with Gasteiger partial charge in [-0.25, -0.2) is 4.79 Å². The van der Waals surface area contributed by atoms with E-state index in [1.807, 2.05) is 13.8 Å². The minimum Gasteiger partial charge on any atom is -0.478 e. The highest BCUT2D eigenvalue weighted by Gasteiger charge is 2.50. The topological polar surface area (TPSA) is 66.4 Å². The van der Waals surface area contributed by atoms with Gasteiger partial charge in [-0.1, -0.05) is 25.4 Å². The molecule has 2 rings (SSSR count). The second kappa shape index (κ2) is 4.28. The van der Waals surface area contributed by atoms with Crippen molar-refractivity contribution in [3.63, 3.8) is 0 Å². The molecular formula is C13H14ClNO3. The molecule has 4 nitrogen and oxygen atoms in total. The number of hydrogen-bond acceptors (Lipinski definition) is 2. The van der Waals surface area contributed by atoms with E-state index in [9.17, 15) is 9.59 Å². The van der Waals surface area contributed by atoms with Crippen LogP contribution in [0.3, 0.4) is 0 Å². The molecule has 0 radical (unpaired) electrons. The zero-order chi connectivity index (χ0) is 13.5. The summed E-state index contributed by atoms with van der Waals surface area (Å²) in [5, 5.41) is 12.1. The van der Waals surface area contributed by atoms with E-state index >= 15 is 0 Å². The Bertz CT molecular complexity index is 525. The Kier molecular flexibility index (Phi) is 3.07. The molecule has 2 N–H and O–H groups in total. The molecule has 1 atom stereocenters. The van der Waals surface area contributed by atoms with Crippen LogP contribution in [0.4, 0.5) is 5.69 Å². The number of carboxylic acids is 1. The maximum Gasteiger partial charge on any atom is 0.337 e. The Morgan fingerprint density at radius 2 is 2.06 bits per heavy atom. The lowest BCUT2D eigenvalue weighted by Gasteiger charge is -2.09. The number of carbonyl (C=O) groups is 2. The molecule has 1 aliphatic rings. The van der Waals surface area contributed by atoms with Gasteiger partial charge in [0.2, 0.25) is 5.91 Å². The van der Waals surface area contributed by atoms with Crippen LogP contribution in [0.5, 0.6) is 0 Å². The molecule has 1 aromatic carbocycles. The molecule has 96 valence electrons. The van der Waals surface area contributed by atoms with E-state index in [0.717, 1.165) is 6.42 Å². The lowest BCUT2D eigenvalue weighted by molar-refractivity contribution is -0.118. The average Bonchev–Trinajstić information content (AvgIpc) is 2.87. The largest absolute Gasteiger partial charge is 0.478 e. The number of carbonyl (C=O) groups excluding carboxylic acids is 1. The highest BCUT2D eigenvalue weighted by atomic mass is 35.5. The Labute approximate surface area is 110 Å². The molecule has 1 saturated carbocycles. The predicted octanol–water partition coefficient (Wildman–Crippen LogP) is 3.02. The van der Waals surface area contributed by atoms with Crippen LogP contribution in [-0.4, -0.2) is 17.0 Å². The second-order valence-electron chi connectivity index (χ2n) is 5.23. The van der Waals surface area contributed by atoms with Gasteiger partial charge in [0.25, 0.3) is 0 Å². The standard InChI is InChI=1S/C13H14ClNO3/c1-13(2)6-9(13)11(16)15-10-5-7(14)3-4-8(10)12(17)18/h3-5,9H,6H2,1-2H3,(H,15,16)(H,17,18). The van der Waals surface area contributed by atoms with Crippen LogP contribution in [0, 0.1) is 11.3 Å². The van der Waals surface area contributed by atoms with Crippen LogP contribution in [-0.2, 0) is 4.79 Å². The van der Waals surface area contributed by atoms with Crippen molar-refractivity contribution in [2.45, 2.75) is 20.3 Å². The Balaban J connectivity index is 2.21.